The number of hydrogen-bond acceptors (Lipinski definition) is 4. The Morgan fingerprint density at radius 3 is 2.33 bits per heavy atom. The van der Waals surface area contributed by atoms with Gasteiger partial charge in [-0.2, -0.15) is 5.10 Å². The van der Waals surface area contributed by atoms with Crippen molar-refractivity contribution >= 4 is 51.0 Å². The number of nitrogens with zero attached hydrogens (tertiary/aromatic N) is 3. The third-order valence-corrected chi connectivity index (χ3v) is 8.61. The molecule has 0 radical (unpaired) electrons. The van der Waals surface area contributed by atoms with E-state index in [9.17, 15) is 13.2 Å². The summed E-state index contributed by atoms with van der Waals surface area (Å²) in [6.45, 7) is 7.07. The van der Waals surface area contributed by atoms with Crippen molar-refractivity contribution < 1.29 is 13.2 Å². The highest BCUT2D eigenvalue weighted by atomic mass is 35.5. The van der Waals surface area contributed by atoms with E-state index in [-0.39, 0.29) is 4.90 Å². The Bertz CT molecular complexity index is 1660. The van der Waals surface area contributed by atoms with Crippen molar-refractivity contribution in [2.45, 2.75) is 32.6 Å². The van der Waals surface area contributed by atoms with Crippen LogP contribution in [0, 0.1) is 27.7 Å². The van der Waals surface area contributed by atoms with Crippen molar-refractivity contribution in [1.82, 2.24) is 9.99 Å². The van der Waals surface area contributed by atoms with Gasteiger partial charge in [-0.05, 0) is 75.7 Å². The molecule has 0 aliphatic heterocycles. The monoisotopic (exact) mass is 582 g/mol. The number of rotatable bonds is 8. The maximum Gasteiger partial charge on any atom is 0.264 e. The van der Waals surface area contributed by atoms with Crippen LogP contribution in [0.25, 0.3) is 5.69 Å². The molecule has 1 amide bonds. The van der Waals surface area contributed by atoms with Crippen molar-refractivity contribution in [3.05, 3.63) is 111 Å². The molecular formula is C29H28Cl2N4O3S. The average molecular weight is 584 g/mol. The molecule has 0 bridgehead atoms. The van der Waals surface area contributed by atoms with E-state index in [1.165, 1.54) is 18.3 Å². The van der Waals surface area contributed by atoms with E-state index in [0.29, 0.717) is 15.7 Å². The van der Waals surface area contributed by atoms with E-state index >= 15 is 0 Å². The molecule has 7 nitrogen and oxygen atoms in total. The first-order valence-electron chi connectivity index (χ1n) is 12.1. The van der Waals surface area contributed by atoms with Gasteiger partial charge >= 0.3 is 0 Å². The van der Waals surface area contributed by atoms with Crippen LogP contribution in [0.5, 0.6) is 0 Å². The van der Waals surface area contributed by atoms with Crippen molar-refractivity contribution in [2.24, 2.45) is 5.10 Å². The van der Waals surface area contributed by atoms with Gasteiger partial charge in [0.05, 0.1) is 27.5 Å². The minimum atomic E-state index is -4.02. The van der Waals surface area contributed by atoms with Crippen molar-refractivity contribution in [1.29, 1.82) is 0 Å². The molecule has 0 saturated carbocycles. The zero-order valence-electron chi connectivity index (χ0n) is 21.9. The van der Waals surface area contributed by atoms with E-state index < -0.39 is 22.5 Å². The number of benzene rings is 3. The Labute approximate surface area is 238 Å². The summed E-state index contributed by atoms with van der Waals surface area (Å²) in [7, 11) is -4.02. The molecule has 39 heavy (non-hydrogen) atoms. The molecular weight excluding hydrogens is 555 g/mol. The third-order valence-electron chi connectivity index (χ3n) is 6.29. The second kappa shape index (κ2) is 11.7. The molecule has 0 saturated heterocycles. The van der Waals surface area contributed by atoms with Crippen molar-refractivity contribution in [3.63, 3.8) is 0 Å². The highest BCUT2D eigenvalue weighted by Crippen LogP contribution is 2.29. The number of carbonyl (C=O) groups is 1. The Morgan fingerprint density at radius 2 is 1.67 bits per heavy atom. The fourth-order valence-corrected chi connectivity index (χ4v) is 6.25. The Morgan fingerprint density at radius 1 is 0.974 bits per heavy atom. The molecule has 1 heterocycles. The first-order valence-corrected chi connectivity index (χ1v) is 14.3. The number of halogens is 2. The summed E-state index contributed by atoms with van der Waals surface area (Å²) in [6, 6.07) is 20.7. The van der Waals surface area contributed by atoms with E-state index in [1.807, 2.05) is 43.5 Å². The van der Waals surface area contributed by atoms with Crippen LogP contribution in [0.15, 0.2) is 82.8 Å². The van der Waals surface area contributed by atoms with Crippen LogP contribution in [0.3, 0.4) is 0 Å². The normalized spacial score (nSPS) is 11.6. The molecule has 202 valence electrons. The lowest BCUT2D eigenvalue weighted by atomic mass is 10.2. The summed E-state index contributed by atoms with van der Waals surface area (Å²) in [5, 5.41) is 5.16. The molecule has 0 unspecified atom stereocenters. The summed E-state index contributed by atoms with van der Waals surface area (Å²) in [5.74, 6) is -0.584. The fraction of sp³-hybridized carbons (Fsp3) is 0.172. The average Bonchev–Trinajstić information content (AvgIpc) is 3.16. The van der Waals surface area contributed by atoms with Gasteiger partial charge in [0.1, 0.15) is 6.54 Å². The predicted octanol–water partition coefficient (Wildman–Crippen LogP) is 6.36. The van der Waals surface area contributed by atoms with Gasteiger partial charge in [-0.25, -0.2) is 13.8 Å². The van der Waals surface area contributed by atoms with Gasteiger partial charge in [-0.1, -0.05) is 59.1 Å². The SMILES string of the molecule is Cc1ccc(S(=O)(=O)N(CC(=O)N/N=C/c2cc(C)n(-c3ccc(Cl)cc3Cl)c2C)c2ccccc2C)cc1. The molecule has 0 spiro atoms. The molecule has 0 aliphatic rings. The highest BCUT2D eigenvalue weighted by Gasteiger charge is 2.28. The largest absolute Gasteiger partial charge is 0.316 e. The fourth-order valence-electron chi connectivity index (χ4n) is 4.27. The molecule has 1 aromatic heterocycles. The smallest absolute Gasteiger partial charge is 0.264 e. The minimum absolute atomic E-state index is 0.0981. The van der Waals surface area contributed by atoms with Gasteiger partial charge in [0, 0.05) is 22.0 Å². The summed E-state index contributed by atoms with van der Waals surface area (Å²) in [6.07, 6.45) is 1.52. The first-order chi connectivity index (χ1) is 18.5. The maximum absolute atomic E-state index is 13.6. The van der Waals surface area contributed by atoms with Crippen LogP contribution in [0.1, 0.15) is 28.1 Å². The van der Waals surface area contributed by atoms with E-state index in [4.69, 9.17) is 23.2 Å². The van der Waals surface area contributed by atoms with E-state index in [2.05, 4.69) is 10.5 Å². The number of amides is 1. The Balaban J connectivity index is 1.57. The van der Waals surface area contributed by atoms with Crippen LogP contribution in [-0.2, 0) is 14.8 Å². The summed E-state index contributed by atoms with van der Waals surface area (Å²) >= 11 is 12.5. The zero-order valence-corrected chi connectivity index (χ0v) is 24.3. The van der Waals surface area contributed by atoms with Gasteiger partial charge < -0.3 is 4.57 Å². The number of sulfonamides is 1. The van der Waals surface area contributed by atoms with Gasteiger partial charge in [-0.3, -0.25) is 9.10 Å². The molecule has 0 aliphatic carbocycles. The predicted molar refractivity (Wildman–Crippen MR) is 158 cm³/mol. The highest BCUT2D eigenvalue weighted by molar-refractivity contribution is 7.92. The number of aryl methyl sites for hydroxylation is 3. The number of hydrazone groups is 1. The number of anilines is 1. The minimum Gasteiger partial charge on any atom is -0.316 e. The lowest BCUT2D eigenvalue weighted by Crippen LogP contribution is -2.40. The molecule has 10 heteroatoms. The maximum atomic E-state index is 13.6. The molecule has 3 aromatic carbocycles. The first kappa shape index (κ1) is 28.4. The lowest BCUT2D eigenvalue weighted by Gasteiger charge is -2.25. The Kier molecular flexibility index (Phi) is 8.49. The standard InChI is InChI=1S/C29H28Cl2N4O3S/c1-19-9-12-25(13-10-19)39(37,38)34(27-8-6-5-7-20(27)2)18-29(36)33-32-17-23-15-21(3)35(22(23)4)28-14-11-24(30)16-26(28)31/h5-17H,18H2,1-4H3,(H,33,36)/b32-17+. The van der Waals surface area contributed by atoms with Crippen LogP contribution in [-0.4, -0.2) is 31.7 Å². The van der Waals surface area contributed by atoms with Gasteiger partial charge in [0.2, 0.25) is 0 Å². The van der Waals surface area contributed by atoms with Gasteiger partial charge in [0.15, 0.2) is 0 Å². The second-order valence-electron chi connectivity index (χ2n) is 9.16. The van der Waals surface area contributed by atoms with Crippen LogP contribution in [0.2, 0.25) is 10.0 Å². The topological polar surface area (TPSA) is 83.8 Å². The van der Waals surface area contributed by atoms with Gasteiger partial charge in [-0.15, -0.1) is 0 Å². The van der Waals surface area contributed by atoms with Gasteiger partial charge in [0.25, 0.3) is 15.9 Å². The van der Waals surface area contributed by atoms with Crippen LogP contribution < -0.4 is 9.73 Å². The molecule has 0 atom stereocenters. The van der Waals surface area contributed by atoms with Crippen molar-refractivity contribution in [3.8, 4) is 5.69 Å². The summed E-state index contributed by atoms with van der Waals surface area (Å²) in [4.78, 5) is 13.0. The summed E-state index contributed by atoms with van der Waals surface area (Å²) < 4.78 is 30.2. The number of carbonyl (C=O) groups excluding carboxylic acids is 1. The zero-order chi connectivity index (χ0) is 28.3. The number of nitrogens with one attached hydrogen (secondary N) is 1. The molecule has 4 aromatic rings. The summed E-state index contributed by atoms with van der Waals surface area (Å²) in [5.41, 5.74) is 7.85. The molecule has 1 N–H and O–H groups in total. The van der Waals surface area contributed by atoms with E-state index in [1.54, 1.807) is 49.4 Å². The van der Waals surface area contributed by atoms with E-state index in [0.717, 1.165) is 38.1 Å². The second-order valence-corrected chi connectivity index (χ2v) is 11.9. The molecule has 4 rings (SSSR count). The van der Waals surface area contributed by atoms with Crippen molar-refractivity contribution in [2.75, 3.05) is 10.8 Å². The quantitative estimate of drug-likeness (QED) is 0.194. The number of aromatic nitrogens is 1. The Hall–Kier alpha value is -3.59. The van der Waals surface area contributed by atoms with Crippen LogP contribution >= 0.6 is 23.2 Å². The number of hydrogen-bond donors (Lipinski definition) is 1. The third kappa shape index (κ3) is 6.19. The van der Waals surface area contributed by atoms with Crippen LogP contribution in [0.4, 0.5) is 5.69 Å². The number of para-hydroxylation sites is 1. The lowest BCUT2D eigenvalue weighted by molar-refractivity contribution is -0.119. The molecule has 0 fully saturated rings.